The summed E-state index contributed by atoms with van der Waals surface area (Å²) in [5.74, 6) is -0.660. The Morgan fingerprint density at radius 1 is 0.950 bits per heavy atom. The first-order valence-electron chi connectivity index (χ1n) is 14.4. The van der Waals surface area contributed by atoms with Gasteiger partial charge in [0.25, 0.3) is 5.91 Å². The van der Waals surface area contributed by atoms with Gasteiger partial charge in [0.05, 0.1) is 12.5 Å². The topological polar surface area (TPSA) is 87.7 Å². The van der Waals surface area contributed by atoms with Crippen LogP contribution in [0.5, 0.6) is 5.75 Å². The lowest BCUT2D eigenvalue weighted by molar-refractivity contribution is -0.137. The van der Waals surface area contributed by atoms with Crippen molar-refractivity contribution in [2.75, 3.05) is 23.8 Å². The number of amides is 2. The standard InChI is InChI=1S/C33H33N3O4/c1-3-19-40-22-16-14-21(15-17-22)29(37)27-26-13-8-18-36(26)33(24-11-7-9-20(4-2)28(24)35-31(33)39)32(27)23-10-5-6-12-25(23)34-30(32)38/h5-7,9-12,14-17,26-27H,3-4,8,13,18-19H2,1-2H3,(H,34,38)(H,35,39)/t26-,27+,32-,33-/m1/s1. The number of anilines is 2. The lowest BCUT2D eigenvalue weighted by Crippen LogP contribution is -2.62. The van der Waals surface area contributed by atoms with Gasteiger partial charge in [-0.2, -0.15) is 0 Å². The summed E-state index contributed by atoms with van der Waals surface area (Å²) < 4.78 is 5.76. The van der Waals surface area contributed by atoms with Gasteiger partial charge in [0, 0.05) is 28.5 Å². The van der Waals surface area contributed by atoms with Crippen molar-refractivity contribution in [3.8, 4) is 5.75 Å². The molecule has 40 heavy (non-hydrogen) atoms. The van der Waals surface area contributed by atoms with Crippen LogP contribution in [0.1, 0.15) is 60.2 Å². The number of nitrogens with zero attached hydrogens (tertiary/aromatic N) is 1. The average molecular weight is 536 g/mol. The summed E-state index contributed by atoms with van der Waals surface area (Å²) in [4.78, 5) is 46.1. The van der Waals surface area contributed by atoms with Crippen molar-refractivity contribution in [1.29, 1.82) is 0 Å². The monoisotopic (exact) mass is 535 g/mol. The fourth-order valence-corrected chi connectivity index (χ4v) is 8.08. The van der Waals surface area contributed by atoms with Gasteiger partial charge in [-0.05, 0) is 73.7 Å². The molecule has 3 aromatic rings. The summed E-state index contributed by atoms with van der Waals surface area (Å²) in [6, 6.07) is 20.5. The number of fused-ring (bicyclic) bond motifs is 7. The van der Waals surface area contributed by atoms with Gasteiger partial charge in [0.2, 0.25) is 5.91 Å². The highest BCUT2D eigenvalue weighted by atomic mass is 16.5. The van der Waals surface area contributed by atoms with Crippen LogP contribution in [-0.4, -0.2) is 41.7 Å². The van der Waals surface area contributed by atoms with Gasteiger partial charge in [-0.25, -0.2) is 0 Å². The molecule has 2 N–H and O–H groups in total. The fraction of sp³-hybridized carbons (Fsp3) is 0.364. The fourth-order valence-electron chi connectivity index (χ4n) is 8.08. The maximum atomic E-state index is 14.7. The zero-order valence-electron chi connectivity index (χ0n) is 22.8. The third-order valence-electron chi connectivity index (χ3n) is 9.49. The predicted octanol–water partition coefficient (Wildman–Crippen LogP) is 5.05. The quantitative estimate of drug-likeness (QED) is 0.431. The first kappa shape index (κ1) is 25.0. The molecular formula is C33H33N3O4. The van der Waals surface area contributed by atoms with Crippen LogP contribution in [0.2, 0.25) is 0 Å². The van der Waals surface area contributed by atoms with Crippen molar-refractivity contribution in [2.24, 2.45) is 5.92 Å². The number of hydrogen-bond acceptors (Lipinski definition) is 5. The highest BCUT2D eigenvalue weighted by Crippen LogP contribution is 2.68. The van der Waals surface area contributed by atoms with Crippen molar-refractivity contribution in [3.05, 3.63) is 89.0 Å². The molecule has 2 fully saturated rings. The van der Waals surface area contributed by atoms with Crippen LogP contribution in [0.15, 0.2) is 66.7 Å². The van der Waals surface area contributed by atoms with Gasteiger partial charge < -0.3 is 15.4 Å². The van der Waals surface area contributed by atoms with Crippen LogP contribution in [0, 0.1) is 5.92 Å². The van der Waals surface area contributed by atoms with Crippen molar-refractivity contribution < 1.29 is 19.1 Å². The largest absolute Gasteiger partial charge is 0.494 e. The number of ether oxygens (including phenoxy) is 1. The summed E-state index contributed by atoms with van der Waals surface area (Å²) in [6.45, 7) is 5.35. The molecule has 0 bridgehead atoms. The van der Waals surface area contributed by atoms with Crippen LogP contribution in [0.25, 0.3) is 0 Å². The highest BCUT2D eigenvalue weighted by Gasteiger charge is 2.81. The molecule has 0 aromatic heterocycles. The molecular weight excluding hydrogens is 502 g/mol. The van der Waals surface area contributed by atoms with Crippen molar-refractivity contribution in [3.63, 3.8) is 0 Å². The van der Waals surface area contributed by atoms with E-state index < -0.39 is 16.9 Å². The van der Waals surface area contributed by atoms with Crippen molar-refractivity contribution in [1.82, 2.24) is 4.90 Å². The van der Waals surface area contributed by atoms with E-state index in [0.29, 0.717) is 30.2 Å². The lowest BCUT2D eigenvalue weighted by atomic mass is 9.57. The Kier molecular flexibility index (Phi) is 5.65. The second kappa shape index (κ2) is 9.03. The number of aryl methyl sites for hydroxylation is 1. The SMILES string of the molecule is CCCOc1ccc(C(=O)[C@@H]2[C@H]3CCCN3[C@]3(C(=O)Nc4c(CC)cccc43)[C@@]23C(=O)Nc2ccccc23)cc1. The second-order valence-corrected chi connectivity index (χ2v) is 11.3. The number of benzene rings is 3. The normalized spacial score (nSPS) is 27.9. The van der Waals surface area contributed by atoms with E-state index in [0.717, 1.165) is 48.1 Å². The number of hydrogen-bond donors (Lipinski definition) is 2. The average Bonchev–Trinajstić information content (AvgIpc) is 3.70. The summed E-state index contributed by atoms with van der Waals surface area (Å²) in [6.07, 6.45) is 3.23. The molecule has 4 atom stereocenters. The lowest BCUT2D eigenvalue weighted by Gasteiger charge is -2.43. The minimum absolute atomic E-state index is 0.115. The van der Waals surface area contributed by atoms with E-state index >= 15 is 0 Å². The smallest absolute Gasteiger partial charge is 0.251 e. The molecule has 2 spiro atoms. The van der Waals surface area contributed by atoms with Gasteiger partial charge in [-0.15, -0.1) is 0 Å². The first-order chi connectivity index (χ1) is 19.5. The van der Waals surface area contributed by atoms with Crippen LogP contribution in [0.4, 0.5) is 11.4 Å². The van der Waals surface area contributed by atoms with Gasteiger partial charge in [-0.1, -0.05) is 50.2 Å². The molecule has 4 heterocycles. The molecule has 0 unspecified atom stereocenters. The van der Waals surface area contributed by atoms with Crippen LogP contribution in [0.3, 0.4) is 0 Å². The Morgan fingerprint density at radius 3 is 2.50 bits per heavy atom. The van der Waals surface area contributed by atoms with E-state index in [4.69, 9.17) is 4.74 Å². The Labute approximate surface area is 233 Å². The van der Waals surface area contributed by atoms with Crippen molar-refractivity contribution >= 4 is 29.0 Å². The van der Waals surface area contributed by atoms with E-state index in [2.05, 4.69) is 22.5 Å². The van der Waals surface area contributed by atoms with Crippen molar-refractivity contribution in [2.45, 2.75) is 56.5 Å². The minimum Gasteiger partial charge on any atom is -0.494 e. The molecule has 3 aromatic carbocycles. The molecule has 7 nitrogen and oxygen atoms in total. The number of nitrogens with one attached hydrogen (secondary N) is 2. The molecule has 0 saturated carbocycles. The minimum atomic E-state index is -1.43. The molecule has 7 rings (SSSR count). The van der Waals surface area contributed by atoms with E-state index in [1.165, 1.54) is 0 Å². The Morgan fingerprint density at radius 2 is 1.73 bits per heavy atom. The zero-order valence-corrected chi connectivity index (χ0v) is 22.8. The van der Waals surface area contributed by atoms with Crippen LogP contribution in [-0.2, 0) is 27.0 Å². The molecule has 4 aliphatic rings. The summed E-state index contributed by atoms with van der Waals surface area (Å²) in [5, 5.41) is 6.30. The maximum Gasteiger partial charge on any atom is 0.251 e. The van der Waals surface area contributed by atoms with Crippen LogP contribution >= 0.6 is 0 Å². The van der Waals surface area contributed by atoms with Gasteiger partial charge >= 0.3 is 0 Å². The summed E-state index contributed by atoms with van der Waals surface area (Å²) in [7, 11) is 0. The number of ketones is 1. The summed E-state index contributed by atoms with van der Waals surface area (Å²) >= 11 is 0. The molecule has 2 saturated heterocycles. The molecule has 7 heteroatoms. The van der Waals surface area contributed by atoms with E-state index in [1.807, 2.05) is 61.5 Å². The summed E-state index contributed by atoms with van der Waals surface area (Å²) in [5.41, 5.74) is 1.76. The second-order valence-electron chi connectivity index (χ2n) is 11.3. The zero-order chi connectivity index (χ0) is 27.6. The highest BCUT2D eigenvalue weighted by molar-refractivity contribution is 6.21. The van der Waals surface area contributed by atoms with Gasteiger partial charge in [0.15, 0.2) is 5.78 Å². The van der Waals surface area contributed by atoms with Crippen LogP contribution < -0.4 is 15.4 Å². The predicted molar refractivity (Wildman–Crippen MR) is 153 cm³/mol. The molecule has 4 aliphatic heterocycles. The molecule has 204 valence electrons. The Bertz CT molecular complexity index is 1550. The van der Waals surface area contributed by atoms with Gasteiger partial charge in [-0.3, -0.25) is 19.3 Å². The van der Waals surface area contributed by atoms with E-state index in [9.17, 15) is 14.4 Å². The Hall–Kier alpha value is -3.97. The third-order valence-corrected chi connectivity index (χ3v) is 9.49. The van der Waals surface area contributed by atoms with E-state index in [1.54, 1.807) is 12.1 Å². The number of para-hydroxylation sites is 2. The Balaban J connectivity index is 1.49. The number of rotatable bonds is 6. The maximum absolute atomic E-state index is 14.7. The number of Topliss-reactive ketones (excluding diaryl/α,β-unsaturated/α-hetero) is 1. The number of carbonyl (C=O) groups excluding carboxylic acids is 3. The van der Waals surface area contributed by atoms with E-state index in [-0.39, 0.29) is 23.6 Å². The molecule has 0 radical (unpaired) electrons. The third kappa shape index (κ3) is 2.96. The van der Waals surface area contributed by atoms with Gasteiger partial charge in [0.1, 0.15) is 16.7 Å². The number of carbonyl (C=O) groups is 3. The first-order valence-corrected chi connectivity index (χ1v) is 14.4. The molecule has 0 aliphatic carbocycles. The molecule has 2 amide bonds.